The summed E-state index contributed by atoms with van der Waals surface area (Å²) in [4.78, 5) is 29.0. The maximum Gasteiger partial charge on any atom is 0.328 e. The third-order valence-electron chi connectivity index (χ3n) is 6.37. The van der Waals surface area contributed by atoms with E-state index < -0.39 is 11.2 Å². The number of aromatic amines is 2. The van der Waals surface area contributed by atoms with Crippen LogP contribution in [0.5, 0.6) is 0 Å². The SMILES string of the molecule is C[N+]1([O-])C[C@H](Cn2ccc(=O)[nH]c2=O)C[C@@H]2c3cccc4[nH]cc(c34)C[C@H]21. The molecule has 1 aliphatic carbocycles. The van der Waals surface area contributed by atoms with Gasteiger partial charge in [-0.05, 0) is 23.6 Å². The number of piperidine rings is 1. The van der Waals surface area contributed by atoms with Crippen molar-refractivity contribution in [2.75, 3.05) is 13.6 Å². The van der Waals surface area contributed by atoms with Crippen molar-refractivity contribution in [3.05, 3.63) is 73.8 Å². The molecule has 3 aromatic rings. The van der Waals surface area contributed by atoms with Gasteiger partial charge in [0, 0.05) is 54.2 Å². The average Bonchev–Trinajstić information content (AvgIpc) is 3.03. The number of H-pyrrole nitrogens is 2. The number of hydrogen-bond donors (Lipinski definition) is 2. The molecule has 140 valence electrons. The molecule has 0 radical (unpaired) electrons. The predicted octanol–water partition coefficient (Wildman–Crippen LogP) is 1.69. The number of nitrogens with one attached hydrogen (secondary N) is 2. The van der Waals surface area contributed by atoms with Gasteiger partial charge in [0.15, 0.2) is 0 Å². The minimum absolute atomic E-state index is 0.00227. The summed E-state index contributed by atoms with van der Waals surface area (Å²) in [5.41, 5.74) is 2.79. The number of benzene rings is 1. The van der Waals surface area contributed by atoms with Gasteiger partial charge in [0.2, 0.25) is 0 Å². The van der Waals surface area contributed by atoms with E-state index in [0.29, 0.717) is 13.1 Å². The zero-order valence-corrected chi connectivity index (χ0v) is 15.1. The molecule has 0 spiro atoms. The normalized spacial score (nSPS) is 29.6. The van der Waals surface area contributed by atoms with E-state index >= 15 is 0 Å². The van der Waals surface area contributed by atoms with E-state index in [-0.39, 0.29) is 22.5 Å². The summed E-state index contributed by atoms with van der Waals surface area (Å²) in [7, 11) is 1.76. The topological polar surface area (TPSA) is 93.7 Å². The Bertz CT molecular complexity index is 1140. The van der Waals surface area contributed by atoms with E-state index in [2.05, 4.69) is 22.1 Å². The van der Waals surface area contributed by atoms with Crippen LogP contribution in [0.3, 0.4) is 0 Å². The van der Waals surface area contributed by atoms with E-state index in [1.165, 1.54) is 33.3 Å². The van der Waals surface area contributed by atoms with Crippen LogP contribution in [-0.4, -0.2) is 38.8 Å². The molecule has 0 bridgehead atoms. The maximum absolute atomic E-state index is 13.5. The first-order chi connectivity index (χ1) is 12.9. The highest BCUT2D eigenvalue weighted by Crippen LogP contribution is 2.46. The van der Waals surface area contributed by atoms with Gasteiger partial charge in [0.1, 0.15) is 0 Å². The summed E-state index contributed by atoms with van der Waals surface area (Å²) >= 11 is 0. The van der Waals surface area contributed by atoms with Gasteiger partial charge in [0.05, 0.1) is 19.6 Å². The number of quaternary nitrogens is 1. The lowest BCUT2D eigenvalue weighted by molar-refractivity contribution is -0.897. The van der Waals surface area contributed by atoms with Gasteiger partial charge in [-0.15, -0.1) is 0 Å². The molecule has 0 saturated carbocycles. The highest BCUT2D eigenvalue weighted by atomic mass is 16.5. The molecule has 3 heterocycles. The molecule has 7 nitrogen and oxygen atoms in total. The standard InChI is InChI=1S/C20H22N4O3/c1-24(27)11-12(10-23-6-5-18(25)22-20(23)26)7-15-14-3-2-4-16-19(14)13(9-21-16)8-17(15)24/h2-6,9,12,15,17,21H,7-8,10-11H2,1H3,(H,22,25,26)/t12-,15+,17+,24?/m0/s1. The van der Waals surface area contributed by atoms with Crippen LogP contribution in [-0.2, 0) is 13.0 Å². The second-order valence-electron chi connectivity index (χ2n) is 8.18. The number of likely N-dealkylation sites (tertiary alicyclic amines) is 1. The van der Waals surface area contributed by atoms with E-state index in [4.69, 9.17) is 0 Å². The molecule has 0 amide bonds. The van der Waals surface area contributed by atoms with Gasteiger partial charge in [-0.2, -0.15) is 0 Å². The van der Waals surface area contributed by atoms with E-state index in [9.17, 15) is 14.8 Å². The van der Waals surface area contributed by atoms with Crippen LogP contribution in [0.25, 0.3) is 10.9 Å². The summed E-state index contributed by atoms with van der Waals surface area (Å²) in [5, 5.41) is 14.7. The molecule has 2 N–H and O–H groups in total. The van der Waals surface area contributed by atoms with Crippen molar-refractivity contribution in [3.8, 4) is 0 Å². The molecule has 2 aliphatic rings. The van der Waals surface area contributed by atoms with Crippen molar-refractivity contribution >= 4 is 10.9 Å². The number of fused-ring (bicyclic) bond motifs is 2. The van der Waals surface area contributed by atoms with Crippen LogP contribution in [0.4, 0.5) is 0 Å². The predicted molar refractivity (Wildman–Crippen MR) is 102 cm³/mol. The second kappa shape index (κ2) is 5.68. The molecule has 1 aromatic carbocycles. The van der Waals surface area contributed by atoms with Crippen LogP contribution in [0.2, 0.25) is 0 Å². The van der Waals surface area contributed by atoms with Crippen LogP contribution >= 0.6 is 0 Å². The summed E-state index contributed by atoms with van der Waals surface area (Å²) in [6, 6.07) is 7.62. The highest BCUT2D eigenvalue weighted by molar-refractivity contribution is 5.88. The number of aromatic nitrogens is 3. The summed E-state index contributed by atoms with van der Waals surface area (Å²) in [6.45, 7) is 0.924. The van der Waals surface area contributed by atoms with Crippen molar-refractivity contribution in [2.45, 2.75) is 31.3 Å². The van der Waals surface area contributed by atoms with Gasteiger partial charge >= 0.3 is 5.69 Å². The van der Waals surface area contributed by atoms with Crippen molar-refractivity contribution in [2.24, 2.45) is 5.92 Å². The van der Waals surface area contributed by atoms with Crippen LogP contribution in [0.1, 0.15) is 23.5 Å². The van der Waals surface area contributed by atoms with Gasteiger partial charge < -0.3 is 19.4 Å². The Hall–Kier alpha value is -2.64. The lowest BCUT2D eigenvalue weighted by atomic mass is 9.72. The summed E-state index contributed by atoms with van der Waals surface area (Å²) in [6.07, 6.45) is 5.22. The summed E-state index contributed by atoms with van der Waals surface area (Å²) < 4.78 is 1.21. The Kier molecular flexibility index (Phi) is 3.47. The molecule has 1 saturated heterocycles. The van der Waals surface area contributed by atoms with Gasteiger partial charge in [-0.25, -0.2) is 4.79 Å². The fourth-order valence-electron chi connectivity index (χ4n) is 5.27. The average molecular weight is 366 g/mol. The third-order valence-corrected chi connectivity index (χ3v) is 6.37. The summed E-state index contributed by atoms with van der Waals surface area (Å²) in [5.74, 6) is 0.254. The number of hydroxylamine groups is 3. The zero-order valence-electron chi connectivity index (χ0n) is 15.1. The molecular weight excluding hydrogens is 344 g/mol. The van der Waals surface area contributed by atoms with E-state index in [0.717, 1.165) is 18.4 Å². The lowest BCUT2D eigenvalue weighted by Crippen LogP contribution is -2.59. The Labute approximate surface area is 155 Å². The first-order valence-electron chi connectivity index (χ1n) is 9.37. The van der Waals surface area contributed by atoms with Crippen molar-refractivity contribution in [3.63, 3.8) is 0 Å². The van der Waals surface area contributed by atoms with Crippen LogP contribution < -0.4 is 11.2 Å². The third kappa shape index (κ3) is 2.57. The molecule has 4 atom stereocenters. The Morgan fingerprint density at radius 1 is 1.30 bits per heavy atom. The number of rotatable bonds is 2. The molecule has 7 heteroatoms. The van der Waals surface area contributed by atoms with Gasteiger partial charge in [-0.3, -0.25) is 9.78 Å². The molecule has 5 rings (SSSR count). The molecule has 2 aromatic heterocycles. The molecule has 1 aliphatic heterocycles. The second-order valence-corrected chi connectivity index (χ2v) is 8.18. The highest BCUT2D eigenvalue weighted by Gasteiger charge is 2.45. The molecule has 27 heavy (non-hydrogen) atoms. The fourth-order valence-corrected chi connectivity index (χ4v) is 5.27. The van der Waals surface area contributed by atoms with Gasteiger partial charge in [-0.1, -0.05) is 12.1 Å². The van der Waals surface area contributed by atoms with E-state index in [1.807, 2.05) is 12.3 Å². The molecular formula is C20H22N4O3. The van der Waals surface area contributed by atoms with Crippen molar-refractivity contribution in [1.82, 2.24) is 14.5 Å². The molecule has 1 fully saturated rings. The minimum atomic E-state index is -0.414. The first kappa shape index (κ1) is 16.5. The van der Waals surface area contributed by atoms with Crippen LogP contribution in [0.15, 0.2) is 46.2 Å². The fraction of sp³-hybridized carbons (Fsp3) is 0.400. The number of nitrogens with zero attached hydrogens (tertiary/aromatic N) is 2. The van der Waals surface area contributed by atoms with Gasteiger partial charge in [0.25, 0.3) is 5.56 Å². The number of likely N-dealkylation sites (N-methyl/N-ethyl adjacent to an activating group) is 1. The molecule has 1 unspecified atom stereocenters. The monoisotopic (exact) mass is 366 g/mol. The van der Waals surface area contributed by atoms with Crippen molar-refractivity contribution < 1.29 is 4.65 Å². The quantitative estimate of drug-likeness (QED) is 0.534. The lowest BCUT2D eigenvalue weighted by Gasteiger charge is -2.55. The Morgan fingerprint density at radius 2 is 2.15 bits per heavy atom. The first-order valence-corrected chi connectivity index (χ1v) is 9.37. The maximum atomic E-state index is 13.5. The minimum Gasteiger partial charge on any atom is -0.633 e. The van der Waals surface area contributed by atoms with E-state index in [1.54, 1.807) is 7.05 Å². The Morgan fingerprint density at radius 3 is 2.96 bits per heavy atom. The van der Waals surface area contributed by atoms with Crippen molar-refractivity contribution in [1.29, 1.82) is 0 Å². The smallest absolute Gasteiger partial charge is 0.328 e. The van der Waals surface area contributed by atoms with Crippen LogP contribution in [0, 0.1) is 11.1 Å². The largest absolute Gasteiger partial charge is 0.633 e. The Balaban J connectivity index is 1.53. The number of hydrogen-bond acceptors (Lipinski definition) is 3. The zero-order chi connectivity index (χ0) is 18.8.